The summed E-state index contributed by atoms with van der Waals surface area (Å²) in [4.78, 5) is 15.8. The first-order chi connectivity index (χ1) is 19.4. The highest BCUT2D eigenvalue weighted by molar-refractivity contribution is 5.76. The molecule has 4 rings (SSSR count). The number of hydrogen-bond donors (Lipinski definition) is 2. The molecule has 0 aliphatic carbocycles. The molecule has 3 heterocycles. The number of rotatable bonds is 14. The van der Waals surface area contributed by atoms with Crippen LogP contribution in [0, 0.1) is 11.7 Å². The number of hydrogen-bond acceptors (Lipinski definition) is 5. The highest BCUT2D eigenvalue weighted by atomic mass is 19.1. The van der Waals surface area contributed by atoms with Crippen molar-refractivity contribution in [2.45, 2.75) is 110 Å². The third kappa shape index (κ3) is 10.5. The van der Waals surface area contributed by atoms with E-state index < -0.39 is 17.7 Å². The van der Waals surface area contributed by atoms with Crippen LogP contribution in [0.25, 0.3) is 0 Å². The molecule has 0 spiro atoms. The number of halogens is 1. The van der Waals surface area contributed by atoms with Gasteiger partial charge in [-0.05, 0) is 79.8 Å². The van der Waals surface area contributed by atoms with E-state index in [-0.39, 0.29) is 12.7 Å². The van der Waals surface area contributed by atoms with Crippen LogP contribution in [0.4, 0.5) is 10.2 Å². The van der Waals surface area contributed by atoms with Crippen LogP contribution in [0.15, 0.2) is 30.3 Å². The highest BCUT2D eigenvalue weighted by Crippen LogP contribution is 2.24. The zero-order valence-corrected chi connectivity index (χ0v) is 24.7. The van der Waals surface area contributed by atoms with Gasteiger partial charge in [-0.2, -0.15) is 0 Å². The number of pyridine rings is 1. The molecule has 6 nitrogen and oxygen atoms in total. The third-order valence-corrected chi connectivity index (χ3v) is 8.08. The van der Waals surface area contributed by atoms with Crippen molar-refractivity contribution < 1.29 is 23.8 Å². The Morgan fingerprint density at radius 1 is 1.20 bits per heavy atom. The minimum atomic E-state index is -0.976. The van der Waals surface area contributed by atoms with E-state index in [1.807, 2.05) is 0 Å². The molecule has 1 fully saturated rings. The number of ether oxygens (including phenoxy) is 2. The van der Waals surface area contributed by atoms with Crippen LogP contribution in [0.2, 0.25) is 0 Å². The standard InChI is InChI=1S/C19H32N2.C14H17FO4/c1-3-9-16(4-2)10-6-5-7-12-18-14-13-17-11-8-15-20-19(17)21-18;1-9(14(16)17)13-6-11(15)3-2-10(13)7-19-12-4-5-18-8-12/h13-14,16H,3-12,15H2,1-2H3,(H,20,21);2-3,6,9,12H,4-5,7-8H2,1H3,(H,16,17). The molecule has 1 saturated heterocycles. The number of aliphatic carboxylic acids is 1. The van der Waals surface area contributed by atoms with Crippen molar-refractivity contribution in [2.75, 3.05) is 25.1 Å². The van der Waals surface area contributed by atoms with Crippen molar-refractivity contribution in [3.8, 4) is 0 Å². The predicted octanol–water partition coefficient (Wildman–Crippen LogP) is 7.69. The summed E-state index contributed by atoms with van der Waals surface area (Å²) in [6.45, 7) is 8.79. The van der Waals surface area contributed by atoms with Gasteiger partial charge in [0.2, 0.25) is 0 Å². The Morgan fingerprint density at radius 3 is 2.77 bits per heavy atom. The minimum Gasteiger partial charge on any atom is -0.481 e. The fourth-order valence-corrected chi connectivity index (χ4v) is 5.47. The molecule has 40 heavy (non-hydrogen) atoms. The van der Waals surface area contributed by atoms with Crippen LogP contribution in [-0.2, 0) is 33.7 Å². The lowest BCUT2D eigenvalue weighted by molar-refractivity contribution is -0.138. The molecule has 2 aliphatic heterocycles. The number of nitrogens with zero attached hydrogens (tertiary/aromatic N) is 1. The lowest BCUT2D eigenvalue weighted by Crippen LogP contribution is -2.15. The quantitative estimate of drug-likeness (QED) is 0.232. The Bertz CT molecular complexity index is 1040. The molecule has 1 aromatic heterocycles. The predicted molar refractivity (Wildman–Crippen MR) is 158 cm³/mol. The van der Waals surface area contributed by atoms with Gasteiger partial charge in [-0.15, -0.1) is 0 Å². The molecule has 0 amide bonds. The lowest BCUT2D eigenvalue weighted by atomic mass is 9.94. The molecule has 3 unspecified atom stereocenters. The number of benzene rings is 1. The number of carboxylic acids is 1. The summed E-state index contributed by atoms with van der Waals surface area (Å²) in [6.07, 6.45) is 14.0. The summed E-state index contributed by atoms with van der Waals surface area (Å²) in [5, 5.41) is 12.5. The van der Waals surface area contributed by atoms with Gasteiger partial charge in [0.05, 0.1) is 25.2 Å². The number of fused-ring (bicyclic) bond motifs is 1. The first-order valence-corrected chi connectivity index (χ1v) is 15.3. The smallest absolute Gasteiger partial charge is 0.310 e. The average molecular weight is 557 g/mol. The molecule has 3 atom stereocenters. The third-order valence-electron chi connectivity index (χ3n) is 8.08. The second kappa shape index (κ2) is 17.3. The summed E-state index contributed by atoms with van der Waals surface area (Å²) in [5.41, 5.74) is 3.84. The van der Waals surface area contributed by atoms with Crippen LogP contribution in [0.1, 0.15) is 107 Å². The van der Waals surface area contributed by atoms with Crippen LogP contribution < -0.4 is 5.32 Å². The van der Waals surface area contributed by atoms with E-state index in [1.165, 1.54) is 81.2 Å². The molecular weight excluding hydrogens is 507 g/mol. The van der Waals surface area contributed by atoms with Gasteiger partial charge in [0.15, 0.2) is 0 Å². The summed E-state index contributed by atoms with van der Waals surface area (Å²) in [6, 6.07) is 8.68. The maximum atomic E-state index is 13.3. The van der Waals surface area contributed by atoms with Gasteiger partial charge in [-0.1, -0.05) is 64.5 Å². The number of aryl methyl sites for hydroxylation is 2. The molecule has 0 bridgehead atoms. The second-order valence-electron chi connectivity index (χ2n) is 11.2. The molecule has 2 N–H and O–H groups in total. The molecule has 0 saturated carbocycles. The van der Waals surface area contributed by atoms with E-state index in [1.54, 1.807) is 13.0 Å². The number of aromatic nitrogens is 1. The summed E-state index contributed by atoms with van der Waals surface area (Å²) in [7, 11) is 0. The maximum Gasteiger partial charge on any atom is 0.310 e. The van der Waals surface area contributed by atoms with Crippen molar-refractivity contribution in [1.29, 1.82) is 0 Å². The van der Waals surface area contributed by atoms with Gasteiger partial charge >= 0.3 is 5.97 Å². The van der Waals surface area contributed by atoms with Gasteiger partial charge < -0.3 is 19.9 Å². The van der Waals surface area contributed by atoms with E-state index in [0.29, 0.717) is 24.3 Å². The zero-order chi connectivity index (χ0) is 28.7. The SMILES string of the molecule is CC(C(=O)O)c1cc(F)ccc1COC1CCOC1.CCCC(CC)CCCCCc1ccc2c(n1)NCCC2. The fourth-order valence-electron chi connectivity index (χ4n) is 5.47. The fraction of sp³-hybridized carbons (Fsp3) is 0.636. The summed E-state index contributed by atoms with van der Waals surface area (Å²) >= 11 is 0. The van der Waals surface area contributed by atoms with E-state index in [4.69, 9.17) is 19.6 Å². The van der Waals surface area contributed by atoms with E-state index in [2.05, 4.69) is 31.3 Å². The molecule has 2 aromatic rings. The molecule has 7 heteroatoms. The van der Waals surface area contributed by atoms with Crippen molar-refractivity contribution >= 4 is 11.8 Å². The van der Waals surface area contributed by atoms with Gasteiger partial charge in [0.1, 0.15) is 11.6 Å². The first-order valence-electron chi connectivity index (χ1n) is 15.3. The molecule has 1 aromatic carbocycles. The minimum absolute atomic E-state index is 0.0398. The second-order valence-corrected chi connectivity index (χ2v) is 11.2. The van der Waals surface area contributed by atoms with Gasteiger partial charge in [0.25, 0.3) is 0 Å². The number of nitrogens with one attached hydrogen (secondary N) is 1. The Morgan fingerprint density at radius 2 is 2.05 bits per heavy atom. The average Bonchev–Trinajstić information content (AvgIpc) is 3.49. The number of carbonyl (C=O) groups is 1. The van der Waals surface area contributed by atoms with Gasteiger partial charge in [-0.3, -0.25) is 4.79 Å². The molecule has 222 valence electrons. The highest BCUT2D eigenvalue weighted by Gasteiger charge is 2.21. The summed E-state index contributed by atoms with van der Waals surface area (Å²) < 4.78 is 24.1. The first kappa shape index (κ1) is 32.0. The van der Waals surface area contributed by atoms with Crippen molar-refractivity contribution in [1.82, 2.24) is 4.98 Å². The van der Waals surface area contributed by atoms with E-state index in [0.717, 1.165) is 31.1 Å². The summed E-state index contributed by atoms with van der Waals surface area (Å²) in [5.74, 6) is -0.0601. The molecular formula is C33H49FN2O4. The van der Waals surface area contributed by atoms with E-state index in [9.17, 15) is 9.18 Å². The van der Waals surface area contributed by atoms with Crippen LogP contribution in [0.3, 0.4) is 0 Å². The number of unbranched alkanes of at least 4 members (excludes halogenated alkanes) is 2. The molecule has 2 aliphatic rings. The Balaban J connectivity index is 0.000000222. The van der Waals surface area contributed by atoms with Crippen LogP contribution in [-0.4, -0.2) is 41.9 Å². The van der Waals surface area contributed by atoms with Crippen molar-refractivity contribution in [3.63, 3.8) is 0 Å². The topological polar surface area (TPSA) is 80.7 Å². The van der Waals surface area contributed by atoms with Gasteiger partial charge in [-0.25, -0.2) is 9.37 Å². The van der Waals surface area contributed by atoms with E-state index >= 15 is 0 Å². The van der Waals surface area contributed by atoms with Crippen molar-refractivity contribution in [2.24, 2.45) is 5.92 Å². The number of anilines is 1. The monoisotopic (exact) mass is 556 g/mol. The normalized spacial score (nSPS) is 17.8. The van der Waals surface area contributed by atoms with Crippen molar-refractivity contribution in [3.05, 3.63) is 58.5 Å². The van der Waals surface area contributed by atoms with Crippen LogP contribution >= 0.6 is 0 Å². The Hall–Kier alpha value is -2.51. The Kier molecular flexibility index (Phi) is 13.9. The zero-order valence-electron chi connectivity index (χ0n) is 24.7. The molecule has 0 radical (unpaired) electrons. The largest absolute Gasteiger partial charge is 0.481 e. The van der Waals surface area contributed by atoms with Crippen LogP contribution in [0.5, 0.6) is 0 Å². The Labute approximate surface area is 240 Å². The number of carboxylic acid groups (broad SMARTS) is 1. The lowest BCUT2D eigenvalue weighted by Gasteiger charge is -2.17. The van der Waals surface area contributed by atoms with Gasteiger partial charge in [0, 0.05) is 18.8 Å². The maximum absolute atomic E-state index is 13.3.